The molecule has 0 atom stereocenters. The van der Waals surface area contributed by atoms with E-state index in [4.69, 9.17) is 15.3 Å². The van der Waals surface area contributed by atoms with Gasteiger partial charge in [0.15, 0.2) is 0 Å². The zero-order valence-corrected chi connectivity index (χ0v) is 15.4. The monoisotopic (exact) mass is 426 g/mol. The molecule has 0 saturated carbocycles. The molecule has 0 aromatic carbocycles. The zero-order valence-electron chi connectivity index (χ0n) is 15.4. The predicted octanol–water partition coefficient (Wildman–Crippen LogP) is -2.86. The van der Waals surface area contributed by atoms with Crippen LogP contribution in [0.3, 0.4) is 0 Å². The van der Waals surface area contributed by atoms with Gasteiger partial charge < -0.3 is 44.4 Å². The van der Waals surface area contributed by atoms with E-state index in [9.17, 15) is 28.8 Å². The van der Waals surface area contributed by atoms with Crippen molar-refractivity contribution in [1.82, 2.24) is 15.0 Å². The molecule has 0 bridgehead atoms. The highest BCUT2D eigenvalue weighted by Gasteiger charge is 2.23. The Morgan fingerprint density at radius 1 is 0.600 bits per heavy atom. The van der Waals surface area contributed by atoms with E-state index >= 15 is 0 Å². The molecule has 0 radical (unpaired) electrons. The standard InChI is InChI=1S/C15H18N6O9/c22-4-1-19(2-5-23)13-16-14(20(3-6-24)7-10(25)26)18-15(17-13)21(8-11(27)28)9-12(29)30/h4-6H,1-3,7-9H2,(H,25,26)(H,27,28)(H,29,30). The third-order valence-corrected chi connectivity index (χ3v) is 3.31. The number of carboxylic acid groups (broad SMARTS) is 3. The van der Waals surface area contributed by atoms with Crippen LogP contribution in [0.5, 0.6) is 0 Å². The number of anilines is 3. The van der Waals surface area contributed by atoms with Gasteiger partial charge in [0.05, 0.1) is 19.6 Å². The number of hydrogen-bond acceptors (Lipinski definition) is 12. The first-order valence-electron chi connectivity index (χ1n) is 8.19. The number of carbonyl (C=O) groups excluding carboxylic acids is 3. The Morgan fingerprint density at radius 3 is 1.27 bits per heavy atom. The summed E-state index contributed by atoms with van der Waals surface area (Å²) in [5.41, 5.74) is 0. The summed E-state index contributed by atoms with van der Waals surface area (Å²) in [5.74, 6) is -5.35. The molecule has 0 aliphatic carbocycles. The summed E-state index contributed by atoms with van der Waals surface area (Å²) in [6.07, 6.45) is 1.23. The quantitative estimate of drug-likeness (QED) is 0.241. The zero-order chi connectivity index (χ0) is 22.7. The molecule has 162 valence electrons. The lowest BCUT2D eigenvalue weighted by atomic mass is 10.4. The van der Waals surface area contributed by atoms with E-state index in [2.05, 4.69) is 15.0 Å². The fraction of sp³-hybridized carbons (Fsp3) is 0.400. The lowest BCUT2D eigenvalue weighted by Crippen LogP contribution is -2.39. The molecule has 3 N–H and O–H groups in total. The van der Waals surface area contributed by atoms with Gasteiger partial charge in [-0.3, -0.25) is 14.4 Å². The molecule has 1 heterocycles. The van der Waals surface area contributed by atoms with Crippen LogP contribution in [0.1, 0.15) is 0 Å². The first-order valence-corrected chi connectivity index (χ1v) is 8.19. The Balaban J connectivity index is 3.61. The summed E-state index contributed by atoms with van der Waals surface area (Å²) in [7, 11) is 0. The fourth-order valence-electron chi connectivity index (χ4n) is 2.18. The molecule has 0 aliphatic rings. The number of aromatic nitrogens is 3. The fourth-order valence-corrected chi connectivity index (χ4v) is 2.18. The summed E-state index contributed by atoms with van der Waals surface area (Å²) in [6.45, 7) is -3.56. The topological polar surface area (TPSA) is 212 Å². The number of carboxylic acids is 3. The Kier molecular flexibility index (Phi) is 9.25. The largest absolute Gasteiger partial charge is 0.480 e. The van der Waals surface area contributed by atoms with Crippen molar-refractivity contribution in [2.24, 2.45) is 0 Å². The molecule has 0 saturated heterocycles. The van der Waals surface area contributed by atoms with E-state index in [0.717, 1.165) is 14.7 Å². The van der Waals surface area contributed by atoms with Crippen LogP contribution >= 0.6 is 0 Å². The first kappa shape index (κ1) is 23.9. The highest BCUT2D eigenvalue weighted by Crippen LogP contribution is 2.19. The third-order valence-electron chi connectivity index (χ3n) is 3.31. The van der Waals surface area contributed by atoms with Crippen LogP contribution in [0.4, 0.5) is 17.8 Å². The Labute approximate surface area is 168 Å². The minimum absolute atomic E-state index is 0.323. The van der Waals surface area contributed by atoms with Gasteiger partial charge in [0.2, 0.25) is 17.8 Å². The van der Waals surface area contributed by atoms with Gasteiger partial charge in [-0.05, 0) is 0 Å². The average Bonchev–Trinajstić information content (AvgIpc) is 2.65. The maximum absolute atomic E-state index is 11.1. The normalized spacial score (nSPS) is 10.0. The van der Waals surface area contributed by atoms with Gasteiger partial charge in [0.1, 0.15) is 38.5 Å². The van der Waals surface area contributed by atoms with Crippen LogP contribution in [-0.4, -0.2) is 106 Å². The molecule has 1 aromatic heterocycles. The molecule has 1 aromatic rings. The van der Waals surface area contributed by atoms with Crippen molar-refractivity contribution >= 4 is 54.6 Å². The number of hydrogen-bond donors (Lipinski definition) is 3. The van der Waals surface area contributed by atoms with Crippen LogP contribution < -0.4 is 14.7 Å². The minimum Gasteiger partial charge on any atom is -0.480 e. The number of carbonyl (C=O) groups is 6. The van der Waals surface area contributed by atoms with E-state index in [-0.39, 0.29) is 19.0 Å². The molecule has 15 heteroatoms. The number of aliphatic carboxylic acids is 3. The highest BCUT2D eigenvalue weighted by atomic mass is 16.4. The Bertz CT molecular complexity index is 792. The molecule has 15 nitrogen and oxygen atoms in total. The van der Waals surface area contributed by atoms with E-state index in [0.29, 0.717) is 18.9 Å². The number of rotatable bonds is 15. The smallest absolute Gasteiger partial charge is 0.323 e. The second-order valence-electron chi connectivity index (χ2n) is 5.56. The Hall–Kier alpha value is -4.17. The molecule has 0 unspecified atom stereocenters. The third kappa shape index (κ3) is 7.45. The summed E-state index contributed by atoms with van der Waals surface area (Å²) in [6, 6.07) is 0. The van der Waals surface area contributed by atoms with Gasteiger partial charge in [0, 0.05) is 0 Å². The van der Waals surface area contributed by atoms with Crippen molar-refractivity contribution in [3.63, 3.8) is 0 Å². The molecule has 0 aliphatic heterocycles. The van der Waals surface area contributed by atoms with E-state index < -0.39 is 56.0 Å². The van der Waals surface area contributed by atoms with Gasteiger partial charge in [-0.25, -0.2) is 0 Å². The number of aldehydes is 3. The molecule has 0 amide bonds. The molecule has 0 fully saturated rings. The molecular formula is C15H18N6O9. The first-order chi connectivity index (χ1) is 14.2. The van der Waals surface area contributed by atoms with E-state index in [1.807, 2.05) is 0 Å². The summed E-state index contributed by atoms with van der Waals surface area (Å²) >= 11 is 0. The van der Waals surface area contributed by atoms with Gasteiger partial charge in [-0.2, -0.15) is 15.0 Å². The molecule has 30 heavy (non-hydrogen) atoms. The molecule has 1 rings (SSSR count). The van der Waals surface area contributed by atoms with Gasteiger partial charge in [0.25, 0.3) is 0 Å². The summed E-state index contributed by atoms with van der Waals surface area (Å²) < 4.78 is 0. The molecular weight excluding hydrogens is 408 g/mol. The van der Waals surface area contributed by atoms with Crippen LogP contribution in [0.15, 0.2) is 0 Å². The van der Waals surface area contributed by atoms with E-state index in [1.54, 1.807) is 0 Å². The van der Waals surface area contributed by atoms with Crippen molar-refractivity contribution in [3.05, 3.63) is 0 Å². The maximum Gasteiger partial charge on any atom is 0.323 e. The van der Waals surface area contributed by atoms with Crippen LogP contribution in [-0.2, 0) is 28.8 Å². The van der Waals surface area contributed by atoms with Crippen molar-refractivity contribution < 1.29 is 44.1 Å². The summed E-state index contributed by atoms with van der Waals surface area (Å²) in [5, 5.41) is 27.1. The van der Waals surface area contributed by atoms with Crippen LogP contribution in [0.25, 0.3) is 0 Å². The van der Waals surface area contributed by atoms with Crippen molar-refractivity contribution in [2.75, 3.05) is 54.0 Å². The maximum atomic E-state index is 11.1. The highest BCUT2D eigenvalue weighted by molar-refractivity contribution is 5.79. The second-order valence-corrected chi connectivity index (χ2v) is 5.56. The van der Waals surface area contributed by atoms with Gasteiger partial charge >= 0.3 is 17.9 Å². The number of nitrogens with zero attached hydrogens (tertiary/aromatic N) is 6. The lowest BCUT2D eigenvalue weighted by molar-refractivity contribution is -0.137. The minimum atomic E-state index is -1.41. The van der Waals surface area contributed by atoms with Crippen molar-refractivity contribution in [3.8, 4) is 0 Å². The Morgan fingerprint density at radius 2 is 0.900 bits per heavy atom. The second kappa shape index (κ2) is 11.6. The summed E-state index contributed by atoms with van der Waals surface area (Å²) in [4.78, 5) is 80.6. The van der Waals surface area contributed by atoms with Gasteiger partial charge in [-0.1, -0.05) is 0 Å². The van der Waals surface area contributed by atoms with E-state index in [1.165, 1.54) is 0 Å². The van der Waals surface area contributed by atoms with Crippen molar-refractivity contribution in [1.29, 1.82) is 0 Å². The van der Waals surface area contributed by atoms with Crippen molar-refractivity contribution in [2.45, 2.75) is 0 Å². The SMILES string of the molecule is O=CCN(CC=O)c1nc(N(CC=O)CC(=O)O)nc(N(CC(=O)O)CC(=O)O)n1. The van der Waals surface area contributed by atoms with Crippen LogP contribution in [0, 0.1) is 0 Å². The predicted molar refractivity (Wildman–Crippen MR) is 97.6 cm³/mol. The lowest BCUT2D eigenvalue weighted by Gasteiger charge is -2.25. The van der Waals surface area contributed by atoms with Crippen LogP contribution in [0.2, 0.25) is 0 Å². The molecule has 0 spiro atoms. The van der Waals surface area contributed by atoms with Gasteiger partial charge in [-0.15, -0.1) is 0 Å². The average molecular weight is 426 g/mol.